The fourth-order valence-corrected chi connectivity index (χ4v) is 2.99. The predicted molar refractivity (Wildman–Crippen MR) is 97.3 cm³/mol. The fourth-order valence-electron chi connectivity index (χ4n) is 2.99. The highest BCUT2D eigenvalue weighted by atomic mass is 16.2. The van der Waals surface area contributed by atoms with Gasteiger partial charge in [0.25, 0.3) is 5.56 Å². The minimum absolute atomic E-state index is 0.112. The van der Waals surface area contributed by atoms with Crippen molar-refractivity contribution in [2.75, 3.05) is 12.3 Å². The number of aliphatic hydroxyl groups is 1. The van der Waals surface area contributed by atoms with E-state index in [1.807, 2.05) is 18.2 Å². The molecule has 0 unspecified atom stereocenters. The second kappa shape index (κ2) is 6.03. The maximum atomic E-state index is 12.0. The van der Waals surface area contributed by atoms with Crippen LogP contribution in [0.5, 0.6) is 0 Å². The van der Waals surface area contributed by atoms with Gasteiger partial charge in [-0.1, -0.05) is 6.07 Å². The molecule has 0 fully saturated rings. The highest BCUT2D eigenvalue weighted by molar-refractivity contribution is 6.07. The topological polar surface area (TPSA) is 121 Å². The summed E-state index contributed by atoms with van der Waals surface area (Å²) in [5.41, 5.74) is 9.43. The molecule has 0 aliphatic rings. The molecule has 0 amide bonds. The number of hydrogen-bond donors (Lipinski definition) is 4. The lowest BCUT2D eigenvalue weighted by atomic mass is 10.0. The molecule has 0 aliphatic carbocycles. The summed E-state index contributed by atoms with van der Waals surface area (Å²) in [7, 11) is 0. The standard InChI is InChI=1S/C18H17N5O2/c19-17-16-15(22-14(23-16)4-2-8-24)12-6-5-10(9-13(12)21-17)11-3-1-7-20-18(11)25/h1,3,5-7,9,24H,2,4,8H2,(H2,19,21)(H,20,25)(H,22,23). The van der Waals surface area contributed by atoms with Gasteiger partial charge in [0.15, 0.2) is 0 Å². The number of benzene rings is 1. The molecule has 3 heterocycles. The number of aryl methyl sites for hydroxylation is 1. The van der Waals surface area contributed by atoms with E-state index in [1.54, 1.807) is 18.3 Å². The SMILES string of the molecule is Nc1nc2cc(-c3ccc[nH]c3=O)ccc2c2nc(CCCO)[nH]c12. The molecule has 0 saturated carbocycles. The zero-order chi connectivity index (χ0) is 17.4. The van der Waals surface area contributed by atoms with E-state index < -0.39 is 0 Å². The average molecular weight is 335 g/mol. The van der Waals surface area contributed by atoms with E-state index in [4.69, 9.17) is 10.8 Å². The van der Waals surface area contributed by atoms with Crippen LogP contribution in [0, 0.1) is 0 Å². The quantitative estimate of drug-likeness (QED) is 0.454. The van der Waals surface area contributed by atoms with Gasteiger partial charge in [0.2, 0.25) is 0 Å². The van der Waals surface area contributed by atoms with Crippen molar-refractivity contribution in [3.05, 3.63) is 52.7 Å². The van der Waals surface area contributed by atoms with E-state index in [0.29, 0.717) is 35.3 Å². The molecule has 4 aromatic rings. The van der Waals surface area contributed by atoms with Crippen LogP contribution in [-0.2, 0) is 6.42 Å². The van der Waals surface area contributed by atoms with Crippen LogP contribution in [0.25, 0.3) is 33.1 Å². The van der Waals surface area contributed by atoms with Gasteiger partial charge in [-0.15, -0.1) is 0 Å². The Labute approximate surface area is 142 Å². The number of nitrogen functional groups attached to an aromatic ring is 1. The molecule has 5 N–H and O–H groups in total. The number of aromatic nitrogens is 4. The fraction of sp³-hybridized carbons (Fsp3) is 0.167. The van der Waals surface area contributed by atoms with Crippen molar-refractivity contribution < 1.29 is 5.11 Å². The minimum Gasteiger partial charge on any atom is -0.396 e. The smallest absolute Gasteiger partial charge is 0.255 e. The number of nitrogens with two attached hydrogens (primary N) is 1. The molecule has 7 heteroatoms. The van der Waals surface area contributed by atoms with Gasteiger partial charge in [-0.05, 0) is 36.2 Å². The molecular weight excluding hydrogens is 318 g/mol. The number of aromatic amines is 2. The molecule has 7 nitrogen and oxygen atoms in total. The van der Waals surface area contributed by atoms with Gasteiger partial charge in [-0.25, -0.2) is 9.97 Å². The van der Waals surface area contributed by atoms with E-state index in [2.05, 4.69) is 19.9 Å². The van der Waals surface area contributed by atoms with Crippen molar-refractivity contribution >= 4 is 27.8 Å². The Bertz CT molecular complexity index is 1130. The van der Waals surface area contributed by atoms with Crippen LogP contribution in [0.3, 0.4) is 0 Å². The number of nitrogens with one attached hydrogen (secondary N) is 2. The van der Waals surface area contributed by atoms with Gasteiger partial charge in [0.1, 0.15) is 22.7 Å². The maximum absolute atomic E-state index is 12.0. The van der Waals surface area contributed by atoms with Crippen molar-refractivity contribution in [2.45, 2.75) is 12.8 Å². The minimum atomic E-state index is -0.151. The van der Waals surface area contributed by atoms with Gasteiger partial charge in [-0.3, -0.25) is 4.79 Å². The zero-order valence-electron chi connectivity index (χ0n) is 13.4. The summed E-state index contributed by atoms with van der Waals surface area (Å²) in [6.07, 6.45) is 2.87. The van der Waals surface area contributed by atoms with Crippen molar-refractivity contribution in [1.82, 2.24) is 19.9 Å². The van der Waals surface area contributed by atoms with Crippen molar-refractivity contribution in [1.29, 1.82) is 0 Å². The van der Waals surface area contributed by atoms with Gasteiger partial charge < -0.3 is 20.8 Å². The molecular formula is C18H17N5O2. The van der Waals surface area contributed by atoms with Crippen molar-refractivity contribution in [3.63, 3.8) is 0 Å². The first-order chi connectivity index (χ1) is 12.2. The number of rotatable bonds is 4. The van der Waals surface area contributed by atoms with E-state index in [9.17, 15) is 4.79 Å². The Morgan fingerprint density at radius 1 is 1.20 bits per heavy atom. The first-order valence-corrected chi connectivity index (χ1v) is 8.04. The third kappa shape index (κ3) is 2.64. The van der Waals surface area contributed by atoms with Crippen LogP contribution >= 0.6 is 0 Å². The Hall–Kier alpha value is -3.19. The Morgan fingerprint density at radius 3 is 2.88 bits per heavy atom. The predicted octanol–water partition coefficient (Wildman–Crippen LogP) is 1.97. The van der Waals surface area contributed by atoms with Crippen LogP contribution in [0.15, 0.2) is 41.3 Å². The summed E-state index contributed by atoms with van der Waals surface area (Å²) in [5, 5.41) is 9.85. The summed E-state index contributed by atoms with van der Waals surface area (Å²) in [6, 6.07) is 9.18. The lowest BCUT2D eigenvalue weighted by Crippen LogP contribution is -2.06. The highest BCUT2D eigenvalue weighted by Gasteiger charge is 2.13. The molecule has 0 radical (unpaired) electrons. The Balaban J connectivity index is 1.90. The molecule has 1 aromatic carbocycles. The van der Waals surface area contributed by atoms with Crippen LogP contribution in [0.1, 0.15) is 12.2 Å². The van der Waals surface area contributed by atoms with Gasteiger partial charge in [0.05, 0.1) is 5.52 Å². The van der Waals surface area contributed by atoms with Crippen molar-refractivity contribution in [3.8, 4) is 11.1 Å². The van der Waals surface area contributed by atoms with Crippen molar-refractivity contribution in [2.24, 2.45) is 0 Å². The molecule has 126 valence electrons. The van der Waals surface area contributed by atoms with E-state index in [-0.39, 0.29) is 12.2 Å². The lowest BCUT2D eigenvalue weighted by Gasteiger charge is -2.05. The summed E-state index contributed by atoms with van der Waals surface area (Å²) in [6.45, 7) is 0.112. The number of imidazole rings is 1. The summed E-state index contributed by atoms with van der Waals surface area (Å²) < 4.78 is 0. The number of H-pyrrole nitrogens is 2. The number of pyridine rings is 2. The molecule has 0 spiro atoms. The second-order valence-electron chi connectivity index (χ2n) is 5.88. The van der Waals surface area contributed by atoms with E-state index >= 15 is 0 Å². The first kappa shape index (κ1) is 15.3. The van der Waals surface area contributed by atoms with Crippen LogP contribution in [0.4, 0.5) is 5.82 Å². The molecule has 4 rings (SSSR count). The van der Waals surface area contributed by atoms with Crippen LogP contribution < -0.4 is 11.3 Å². The summed E-state index contributed by atoms with van der Waals surface area (Å²) >= 11 is 0. The summed E-state index contributed by atoms with van der Waals surface area (Å²) in [5.74, 6) is 1.14. The number of nitrogens with zero attached hydrogens (tertiary/aromatic N) is 2. The number of aliphatic hydroxyl groups excluding tert-OH is 1. The molecule has 0 bridgehead atoms. The van der Waals surface area contributed by atoms with E-state index in [1.165, 1.54) is 0 Å². The lowest BCUT2D eigenvalue weighted by molar-refractivity contribution is 0.287. The average Bonchev–Trinajstić information content (AvgIpc) is 3.05. The normalized spacial score (nSPS) is 11.4. The third-order valence-electron chi connectivity index (χ3n) is 4.20. The molecule has 3 aromatic heterocycles. The van der Waals surface area contributed by atoms with Gasteiger partial charge in [0, 0.05) is 30.2 Å². The Kier molecular flexibility index (Phi) is 3.70. The molecule has 0 atom stereocenters. The zero-order valence-corrected chi connectivity index (χ0v) is 13.4. The Morgan fingerprint density at radius 2 is 2.08 bits per heavy atom. The monoisotopic (exact) mass is 335 g/mol. The first-order valence-electron chi connectivity index (χ1n) is 8.04. The van der Waals surface area contributed by atoms with Crippen LogP contribution in [0.2, 0.25) is 0 Å². The largest absolute Gasteiger partial charge is 0.396 e. The van der Waals surface area contributed by atoms with Gasteiger partial charge >= 0.3 is 0 Å². The summed E-state index contributed by atoms with van der Waals surface area (Å²) in [4.78, 5) is 26.9. The van der Waals surface area contributed by atoms with Crippen LogP contribution in [-0.4, -0.2) is 31.6 Å². The molecule has 0 saturated heterocycles. The highest BCUT2D eigenvalue weighted by Crippen LogP contribution is 2.29. The molecule has 0 aliphatic heterocycles. The number of anilines is 1. The maximum Gasteiger partial charge on any atom is 0.255 e. The second-order valence-corrected chi connectivity index (χ2v) is 5.88. The molecule has 25 heavy (non-hydrogen) atoms. The van der Waals surface area contributed by atoms with Gasteiger partial charge in [-0.2, -0.15) is 0 Å². The number of hydrogen-bond acceptors (Lipinski definition) is 5. The third-order valence-corrected chi connectivity index (χ3v) is 4.20. The van der Waals surface area contributed by atoms with E-state index in [0.717, 1.165) is 22.3 Å². The number of fused-ring (bicyclic) bond motifs is 3.